The Morgan fingerprint density at radius 1 is 1.00 bits per heavy atom. The molecule has 2 aromatic heterocycles. The molecule has 3 N–H and O–H groups in total. The van der Waals surface area contributed by atoms with Crippen LogP contribution in [0.4, 0.5) is 0 Å². The van der Waals surface area contributed by atoms with Crippen LogP contribution in [0.3, 0.4) is 0 Å². The minimum Gasteiger partial charge on any atom is -0.348 e. The van der Waals surface area contributed by atoms with Crippen LogP contribution in [0.5, 0.6) is 0 Å². The molecule has 7 heteroatoms. The number of hydroxylamine groups is 1. The van der Waals surface area contributed by atoms with Crippen LogP contribution < -0.4 is 10.8 Å². The smallest absolute Gasteiger partial charge is 0.274 e. The van der Waals surface area contributed by atoms with Crippen LogP contribution in [0.1, 0.15) is 31.8 Å². The van der Waals surface area contributed by atoms with Gasteiger partial charge in [-0.15, -0.1) is 0 Å². The van der Waals surface area contributed by atoms with Gasteiger partial charge in [-0.2, -0.15) is 0 Å². The van der Waals surface area contributed by atoms with Gasteiger partial charge in [0.2, 0.25) is 0 Å². The van der Waals surface area contributed by atoms with Gasteiger partial charge in [-0.3, -0.25) is 14.8 Å². The first-order valence-electron chi connectivity index (χ1n) is 9.40. The van der Waals surface area contributed by atoms with Crippen molar-refractivity contribution < 1.29 is 14.8 Å². The SMILES string of the molecule is Cc1ccc(-c2cc(C(=O)NCc3ccc(C(=O)NO)cc3)c3nccn3c2)cc1. The molecule has 0 aliphatic heterocycles. The molecule has 0 saturated heterocycles. The molecule has 0 bridgehead atoms. The quantitative estimate of drug-likeness (QED) is 0.354. The van der Waals surface area contributed by atoms with Crippen molar-refractivity contribution in [2.45, 2.75) is 13.5 Å². The van der Waals surface area contributed by atoms with E-state index in [2.05, 4.69) is 10.3 Å². The van der Waals surface area contributed by atoms with Gasteiger partial charge in [-0.05, 0) is 41.8 Å². The Morgan fingerprint density at radius 3 is 2.43 bits per heavy atom. The maximum Gasteiger partial charge on any atom is 0.274 e. The molecule has 4 rings (SSSR count). The number of nitrogens with one attached hydrogen (secondary N) is 2. The monoisotopic (exact) mass is 400 g/mol. The van der Waals surface area contributed by atoms with E-state index < -0.39 is 5.91 Å². The number of fused-ring (bicyclic) bond motifs is 1. The summed E-state index contributed by atoms with van der Waals surface area (Å²) in [6.07, 6.45) is 5.43. The van der Waals surface area contributed by atoms with Gasteiger partial charge < -0.3 is 9.72 Å². The second kappa shape index (κ2) is 8.18. The van der Waals surface area contributed by atoms with Crippen LogP contribution in [-0.4, -0.2) is 26.4 Å². The fourth-order valence-corrected chi connectivity index (χ4v) is 3.22. The number of benzene rings is 2. The maximum atomic E-state index is 12.9. The van der Waals surface area contributed by atoms with E-state index in [1.165, 1.54) is 5.56 Å². The Bertz CT molecular complexity index is 1210. The van der Waals surface area contributed by atoms with Gasteiger partial charge in [0.15, 0.2) is 0 Å². The largest absolute Gasteiger partial charge is 0.348 e. The zero-order chi connectivity index (χ0) is 21.1. The van der Waals surface area contributed by atoms with Gasteiger partial charge in [0, 0.05) is 30.7 Å². The summed E-state index contributed by atoms with van der Waals surface area (Å²) in [6.45, 7) is 2.33. The second-order valence-corrected chi connectivity index (χ2v) is 6.99. The molecule has 150 valence electrons. The molecule has 0 saturated carbocycles. The van der Waals surface area contributed by atoms with E-state index in [4.69, 9.17) is 5.21 Å². The number of imidazole rings is 1. The molecule has 0 atom stereocenters. The first-order chi connectivity index (χ1) is 14.5. The van der Waals surface area contributed by atoms with Gasteiger partial charge in [-0.25, -0.2) is 10.5 Å². The lowest BCUT2D eigenvalue weighted by molar-refractivity contribution is 0.0706. The highest BCUT2D eigenvalue weighted by atomic mass is 16.5. The normalized spacial score (nSPS) is 10.7. The van der Waals surface area contributed by atoms with E-state index in [1.54, 1.807) is 35.9 Å². The van der Waals surface area contributed by atoms with Gasteiger partial charge >= 0.3 is 0 Å². The van der Waals surface area contributed by atoms with Crippen LogP contribution in [0.15, 0.2) is 73.2 Å². The van der Waals surface area contributed by atoms with Crippen molar-refractivity contribution in [2.75, 3.05) is 0 Å². The van der Waals surface area contributed by atoms with E-state index in [0.717, 1.165) is 16.7 Å². The zero-order valence-electron chi connectivity index (χ0n) is 16.3. The van der Waals surface area contributed by atoms with Gasteiger partial charge in [0.25, 0.3) is 11.8 Å². The number of aromatic nitrogens is 2. The highest BCUT2D eigenvalue weighted by Gasteiger charge is 2.14. The second-order valence-electron chi connectivity index (χ2n) is 6.99. The first kappa shape index (κ1) is 19.4. The van der Waals surface area contributed by atoms with Crippen molar-refractivity contribution in [1.82, 2.24) is 20.2 Å². The van der Waals surface area contributed by atoms with Crippen LogP contribution >= 0.6 is 0 Å². The number of aryl methyl sites for hydroxylation is 1. The van der Waals surface area contributed by atoms with Crippen molar-refractivity contribution in [3.63, 3.8) is 0 Å². The molecule has 0 radical (unpaired) electrons. The average Bonchev–Trinajstić information content (AvgIpc) is 3.26. The molecule has 0 aliphatic rings. The number of carbonyl (C=O) groups excluding carboxylic acids is 2. The third-order valence-corrected chi connectivity index (χ3v) is 4.89. The van der Waals surface area contributed by atoms with Crippen LogP contribution in [0.2, 0.25) is 0 Å². The molecular formula is C23H20N4O3. The lowest BCUT2D eigenvalue weighted by Crippen LogP contribution is -2.24. The molecule has 0 aliphatic carbocycles. The van der Waals surface area contributed by atoms with Crippen LogP contribution in [0, 0.1) is 6.92 Å². The Morgan fingerprint density at radius 2 is 1.73 bits per heavy atom. The lowest BCUT2D eigenvalue weighted by Gasteiger charge is -2.10. The molecule has 4 aromatic rings. The first-order valence-corrected chi connectivity index (χ1v) is 9.40. The predicted octanol–water partition coefficient (Wildman–Crippen LogP) is 3.36. The van der Waals surface area contributed by atoms with Crippen molar-refractivity contribution in [3.8, 4) is 11.1 Å². The van der Waals surface area contributed by atoms with Gasteiger partial charge in [0.1, 0.15) is 5.65 Å². The minimum atomic E-state index is -0.583. The summed E-state index contributed by atoms with van der Waals surface area (Å²) < 4.78 is 1.84. The molecule has 2 aromatic carbocycles. The topological polar surface area (TPSA) is 95.7 Å². The summed E-state index contributed by atoms with van der Waals surface area (Å²) in [7, 11) is 0. The number of amides is 2. The standard InChI is InChI=1S/C23H20N4O3/c1-15-2-6-17(7-3-15)19-12-20(21-24-10-11-27(21)14-19)23(29)25-13-16-4-8-18(9-5-16)22(28)26-30/h2-12,14,30H,13H2,1H3,(H,25,29)(H,26,28). The van der Waals surface area contributed by atoms with E-state index in [1.807, 2.05) is 54.0 Å². The Kier molecular flexibility index (Phi) is 5.28. The molecule has 2 amide bonds. The van der Waals surface area contributed by atoms with E-state index in [0.29, 0.717) is 23.3 Å². The molecular weight excluding hydrogens is 380 g/mol. The Labute approximate surface area is 173 Å². The van der Waals surface area contributed by atoms with Crippen molar-refractivity contribution in [3.05, 3.63) is 95.4 Å². The minimum absolute atomic E-state index is 0.239. The molecule has 2 heterocycles. The zero-order valence-corrected chi connectivity index (χ0v) is 16.3. The van der Waals surface area contributed by atoms with Crippen molar-refractivity contribution >= 4 is 17.5 Å². The highest BCUT2D eigenvalue weighted by molar-refractivity contribution is 6.01. The summed E-state index contributed by atoms with van der Waals surface area (Å²) in [5.41, 5.74) is 6.92. The number of hydrogen-bond donors (Lipinski definition) is 3. The molecule has 0 fully saturated rings. The summed E-state index contributed by atoms with van der Waals surface area (Å²) >= 11 is 0. The van der Waals surface area contributed by atoms with Gasteiger partial charge in [-0.1, -0.05) is 42.0 Å². The summed E-state index contributed by atoms with van der Waals surface area (Å²) in [5.74, 6) is -0.822. The highest BCUT2D eigenvalue weighted by Crippen LogP contribution is 2.23. The Balaban J connectivity index is 1.57. The fraction of sp³-hybridized carbons (Fsp3) is 0.0870. The number of nitrogens with zero attached hydrogens (tertiary/aromatic N) is 2. The van der Waals surface area contributed by atoms with Crippen molar-refractivity contribution in [2.24, 2.45) is 0 Å². The van der Waals surface area contributed by atoms with E-state index in [9.17, 15) is 9.59 Å². The van der Waals surface area contributed by atoms with Crippen LogP contribution in [0.25, 0.3) is 16.8 Å². The maximum absolute atomic E-state index is 12.9. The number of hydrogen-bond acceptors (Lipinski definition) is 4. The number of rotatable bonds is 5. The lowest BCUT2D eigenvalue weighted by atomic mass is 10.0. The number of pyridine rings is 1. The molecule has 7 nitrogen and oxygen atoms in total. The van der Waals surface area contributed by atoms with E-state index in [-0.39, 0.29) is 5.91 Å². The fourth-order valence-electron chi connectivity index (χ4n) is 3.22. The predicted molar refractivity (Wildman–Crippen MR) is 112 cm³/mol. The van der Waals surface area contributed by atoms with Crippen LogP contribution in [-0.2, 0) is 6.54 Å². The molecule has 0 unspecified atom stereocenters. The summed E-state index contributed by atoms with van der Waals surface area (Å²) in [4.78, 5) is 28.6. The number of carbonyl (C=O) groups is 2. The summed E-state index contributed by atoms with van der Waals surface area (Å²) in [5, 5.41) is 11.6. The average molecular weight is 400 g/mol. The van der Waals surface area contributed by atoms with E-state index >= 15 is 0 Å². The molecule has 30 heavy (non-hydrogen) atoms. The van der Waals surface area contributed by atoms with Gasteiger partial charge in [0.05, 0.1) is 5.56 Å². The van der Waals surface area contributed by atoms with Crippen molar-refractivity contribution in [1.29, 1.82) is 0 Å². The summed E-state index contributed by atoms with van der Waals surface area (Å²) in [6, 6.07) is 16.6. The third-order valence-electron chi connectivity index (χ3n) is 4.89. The Hall–Kier alpha value is -3.97. The third kappa shape index (κ3) is 3.92. The molecule has 0 spiro atoms.